The Hall–Kier alpha value is -5.12. The minimum Gasteiger partial charge on any atom is -0.497 e. The molecule has 0 spiro atoms. The highest BCUT2D eigenvalue weighted by Crippen LogP contribution is 2.32. The van der Waals surface area contributed by atoms with Crippen molar-refractivity contribution in [1.29, 1.82) is 0 Å². The molecule has 0 unspecified atom stereocenters. The fraction of sp³-hybridized carbons (Fsp3) is 0.111. The third-order valence-corrected chi connectivity index (χ3v) is 5.70. The highest BCUT2D eigenvalue weighted by Gasteiger charge is 2.19. The van der Waals surface area contributed by atoms with E-state index in [1.54, 1.807) is 50.3 Å². The predicted molar refractivity (Wildman–Crippen MR) is 138 cm³/mol. The highest BCUT2D eigenvalue weighted by molar-refractivity contribution is 6.02. The molecule has 0 radical (unpaired) electrons. The van der Waals surface area contributed by atoms with Gasteiger partial charge < -0.3 is 14.2 Å². The van der Waals surface area contributed by atoms with Gasteiger partial charge >= 0.3 is 0 Å². The average molecular weight is 497 g/mol. The maximum atomic E-state index is 13.2. The molecule has 2 heterocycles. The van der Waals surface area contributed by atoms with E-state index in [-0.39, 0.29) is 11.6 Å². The normalized spacial score (nSPS) is 10.7. The molecule has 37 heavy (non-hydrogen) atoms. The van der Waals surface area contributed by atoms with Crippen LogP contribution in [-0.2, 0) is 0 Å². The molecule has 186 valence electrons. The molecule has 2 aromatic heterocycles. The number of para-hydroxylation sites is 1. The zero-order valence-corrected chi connectivity index (χ0v) is 20.4. The van der Waals surface area contributed by atoms with Gasteiger partial charge in [0.1, 0.15) is 17.2 Å². The largest absolute Gasteiger partial charge is 0.497 e. The average Bonchev–Trinajstić information content (AvgIpc) is 3.61. The van der Waals surface area contributed by atoms with Crippen LogP contribution in [0.5, 0.6) is 17.2 Å². The van der Waals surface area contributed by atoms with Crippen molar-refractivity contribution in [3.63, 3.8) is 0 Å². The number of amides is 1. The number of hydrogen-bond acceptors (Lipinski definition) is 7. The number of anilines is 1. The molecule has 0 aliphatic rings. The molecule has 0 fully saturated rings. The van der Waals surface area contributed by atoms with Gasteiger partial charge in [0, 0.05) is 11.6 Å². The number of ether oxygens (including phenoxy) is 3. The van der Waals surface area contributed by atoms with Crippen LogP contribution in [0.3, 0.4) is 0 Å². The molecule has 0 aliphatic carbocycles. The van der Waals surface area contributed by atoms with E-state index in [9.17, 15) is 4.79 Å². The number of aromatic nitrogens is 5. The van der Waals surface area contributed by atoms with Crippen LogP contribution in [0.4, 0.5) is 5.95 Å². The van der Waals surface area contributed by atoms with Gasteiger partial charge in [0.05, 0.1) is 38.3 Å². The zero-order valence-electron chi connectivity index (χ0n) is 20.4. The lowest BCUT2D eigenvalue weighted by molar-refractivity contribution is 0.102. The maximum absolute atomic E-state index is 13.2. The number of carbonyl (C=O) groups excluding carboxylic acids is 1. The highest BCUT2D eigenvalue weighted by atomic mass is 16.5. The third-order valence-electron chi connectivity index (χ3n) is 5.70. The molecular formula is C27H24N6O4. The Balaban J connectivity index is 1.44. The lowest BCUT2D eigenvalue weighted by atomic mass is 10.1. The van der Waals surface area contributed by atoms with Crippen LogP contribution in [0.15, 0.2) is 78.9 Å². The van der Waals surface area contributed by atoms with Crippen LogP contribution in [0, 0.1) is 0 Å². The second kappa shape index (κ2) is 10.2. The number of aromatic amines is 1. The van der Waals surface area contributed by atoms with Gasteiger partial charge in [-0.2, -0.15) is 10.1 Å². The quantitative estimate of drug-likeness (QED) is 0.322. The second-order valence-corrected chi connectivity index (χ2v) is 7.92. The van der Waals surface area contributed by atoms with Gasteiger partial charge in [-0.3, -0.25) is 15.2 Å². The van der Waals surface area contributed by atoms with Gasteiger partial charge in [-0.1, -0.05) is 18.2 Å². The Morgan fingerprint density at radius 3 is 2.30 bits per heavy atom. The number of benzene rings is 3. The van der Waals surface area contributed by atoms with Crippen molar-refractivity contribution in [1.82, 2.24) is 25.0 Å². The standard InChI is InChI=1S/C27H24N6O4/c1-35-19-11-9-17(10-12-19)23-16-22(32-33(23)18-7-5-4-6-8-18)26(34)29-27-28-25(30-31-27)21-14-13-20(36-2)15-24(21)37-3/h4-16H,1-3H3,(H2,28,29,30,31,34). The van der Waals surface area contributed by atoms with Crippen LogP contribution < -0.4 is 19.5 Å². The minimum absolute atomic E-state index is 0.109. The van der Waals surface area contributed by atoms with Crippen molar-refractivity contribution in [2.75, 3.05) is 26.6 Å². The van der Waals surface area contributed by atoms with Gasteiger partial charge in [-0.05, 0) is 54.6 Å². The number of methoxy groups -OCH3 is 3. The van der Waals surface area contributed by atoms with E-state index in [1.807, 2.05) is 54.6 Å². The summed E-state index contributed by atoms with van der Waals surface area (Å²) < 4.78 is 17.7. The Morgan fingerprint density at radius 1 is 0.865 bits per heavy atom. The SMILES string of the molecule is COc1ccc(-c2cc(C(=O)Nc3n[nH]c(-c4ccc(OC)cc4OC)n3)nn2-c2ccccc2)cc1. The number of nitrogens with zero attached hydrogens (tertiary/aromatic N) is 4. The molecule has 0 saturated carbocycles. The summed E-state index contributed by atoms with van der Waals surface area (Å²) in [6.45, 7) is 0. The van der Waals surface area contributed by atoms with E-state index in [4.69, 9.17) is 14.2 Å². The van der Waals surface area contributed by atoms with E-state index < -0.39 is 5.91 Å². The number of carbonyl (C=O) groups is 1. The first-order valence-electron chi connectivity index (χ1n) is 11.4. The summed E-state index contributed by atoms with van der Waals surface area (Å²) in [6.07, 6.45) is 0. The first-order valence-corrected chi connectivity index (χ1v) is 11.4. The molecule has 1 amide bonds. The molecule has 10 heteroatoms. The van der Waals surface area contributed by atoms with Gasteiger partial charge in [0.25, 0.3) is 5.91 Å². The molecule has 2 N–H and O–H groups in total. The van der Waals surface area contributed by atoms with Crippen molar-refractivity contribution < 1.29 is 19.0 Å². The van der Waals surface area contributed by atoms with Crippen molar-refractivity contribution in [2.45, 2.75) is 0 Å². The van der Waals surface area contributed by atoms with Crippen molar-refractivity contribution in [2.24, 2.45) is 0 Å². The van der Waals surface area contributed by atoms with Crippen LogP contribution in [0.1, 0.15) is 10.5 Å². The van der Waals surface area contributed by atoms with Crippen molar-refractivity contribution in [3.05, 3.63) is 84.6 Å². The van der Waals surface area contributed by atoms with E-state index in [1.165, 1.54) is 0 Å². The van der Waals surface area contributed by atoms with E-state index >= 15 is 0 Å². The van der Waals surface area contributed by atoms with Crippen LogP contribution in [0.25, 0.3) is 28.3 Å². The summed E-state index contributed by atoms with van der Waals surface area (Å²) in [5, 5.41) is 14.3. The van der Waals surface area contributed by atoms with Crippen LogP contribution in [0.2, 0.25) is 0 Å². The van der Waals surface area contributed by atoms with Crippen molar-refractivity contribution >= 4 is 11.9 Å². The smallest absolute Gasteiger partial charge is 0.278 e. The Bertz CT molecular complexity index is 1530. The molecule has 3 aromatic carbocycles. The monoisotopic (exact) mass is 496 g/mol. The summed E-state index contributed by atoms with van der Waals surface area (Å²) in [5.74, 6) is 2.04. The van der Waals surface area contributed by atoms with E-state index in [0.29, 0.717) is 22.9 Å². The first-order chi connectivity index (χ1) is 18.1. The second-order valence-electron chi connectivity index (χ2n) is 7.92. The summed E-state index contributed by atoms with van der Waals surface area (Å²) in [4.78, 5) is 17.6. The fourth-order valence-corrected chi connectivity index (χ4v) is 3.82. The zero-order chi connectivity index (χ0) is 25.8. The summed E-state index contributed by atoms with van der Waals surface area (Å²) in [5.41, 5.74) is 3.33. The third kappa shape index (κ3) is 4.85. The van der Waals surface area contributed by atoms with Gasteiger partial charge in [-0.15, -0.1) is 5.10 Å². The Kier molecular flexibility index (Phi) is 6.54. The first kappa shape index (κ1) is 23.6. The summed E-state index contributed by atoms with van der Waals surface area (Å²) in [7, 11) is 4.75. The number of hydrogen-bond donors (Lipinski definition) is 2. The van der Waals surface area contributed by atoms with E-state index in [0.717, 1.165) is 22.7 Å². The Labute approximate surface area is 212 Å². The molecule has 0 saturated heterocycles. The Morgan fingerprint density at radius 2 is 1.59 bits per heavy atom. The lowest BCUT2D eigenvalue weighted by Crippen LogP contribution is -2.14. The molecule has 0 aliphatic heterocycles. The molecule has 5 rings (SSSR count). The van der Waals surface area contributed by atoms with Crippen LogP contribution >= 0.6 is 0 Å². The summed E-state index contributed by atoms with van der Waals surface area (Å²) >= 11 is 0. The molecule has 5 aromatic rings. The minimum atomic E-state index is -0.448. The molecule has 10 nitrogen and oxygen atoms in total. The predicted octanol–water partition coefficient (Wildman–Crippen LogP) is 4.60. The van der Waals surface area contributed by atoms with Gasteiger partial charge in [0.15, 0.2) is 11.5 Å². The lowest BCUT2D eigenvalue weighted by Gasteiger charge is -2.08. The van der Waals surface area contributed by atoms with Crippen molar-refractivity contribution in [3.8, 4) is 45.6 Å². The fourth-order valence-electron chi connectivity index (χ4n) is 3.82. The number of nitrogens with one attached hydrogen (secondary N) is 2. The van der Waals surface area contributed by atoms with E-state index in [2.05, 4.69) is 25.6 Å². The maximum Gasteiger partial charge on any atom is 0.278 e. The van der Waals surface area contributed by atoms with Gasteiger partial charge in [0.2, 0.25) is 5.95 Å². The van der Waals surface area contributed by atoms with Gasteiger partial charge in [-0.25, -0.2) is 4.68 Å². The van der Waals surface area contributed by atoms with Crippen LogP contribution in [-0.4, -0.2) is 52.2 Å². The summed E-state index contributed by atoms with van der Waals surface area (Å²) in [6, 6.07) is 24.2. The molecule has 0 bridgehead atoms. The topological polar surface area (TPSA) is 116 Å². The molecule has 0 atom stereocenters. The number of rotatable bonds is 8. The number of H-pyrrole nitrogens is 1. The molecular weight excluding hydrogens is 472 g/mol.